The Bertz CT molecular complexity index is 853. The van der Waals surface area contributed by atoms with E-state index in [4.69, 9.17) is 21.1 Å². The minimum Gasteiger partial charge on any atom is -0.477 e. The number of aromatic nitrogens is 5. The van der Waals surface area contributed by atoms with E-state index >= 15 is 0 Å². The zero-order valence-corrected chi connectivity index (χ0v) is 15.3. The third-order valence-electron chi connectivity index (χ3n) is 3.45. The van der Waals surface area contributed by atoms with Gasteiger partial charge in [-0.15, -0.1) is 0 Å². The van der Waals surface area contributed by atoms with Crippen LogP contribution in [-0.4, -0.2) is 45.1 Å². The van der Waals surface area contributed by atoms with Crippen LogP contribution in [0.1, 0.15) is 6.42 Å². The van der Waals surface area contributed by atoms with Crippen molar-refractivity contribution in [2.24, 2.45) is 7.05 Å². The molecule has 0 aliphatic carbocycles. The first kappa shape index (κ1) is 18.1. The third-order valence-corrected chi connectivity index (χ3v) is 3.74. The van der Waals surface area contributed by atoms with Gasteiger partial charge in [-0.3, -0.25) is 4.68 Å². The van der Waals surface area contributed by atoms with Crippen molar-refractivity contribution in [2.45, 2.75) is 6.42 Å². The van der Waals surface area contributed by atoms with Crippen LogP contribution < -0.4 is 10.1 Å². The van der Waals surface area contributed by atoms with Crippen molar-refractivity contribution in [3.63, 3.8) is 0 Å². The van der Waals surface area contributed by atoms with Crippen molar-refractivity contribution >= 4 is 23.2 Å². The summed E-state index contributed by atoms with van der Waals surface area (Å²) in [4.78, 5) is 13.1. The molecule has 0 amide bonds. The smallest absolute Gasteiger partial charge is 0.233 e. The fourth-order valence-corrected chi connectivity index (χ4v) is 2.36. The van der Waals surface area contributed by atoms with E-state index in [1.165, 1.54) is 0 Å². The van der Waals surface area contributed by atoms with Crippen LogP contribution in [-0.2, 0) is 11.8 Å². The SMILES string of the molecule is COCCCOc1nc(-c2cnc(Nc3cnn(C)c3)nc2)ccc1Cl. The Labute approximate surface area is 156 Å². The molecule has 1 N–H and O–H groups in total. The molecule has 0 aliphatic rings. The van der Waals surface area contributed by atoms with Crippen molar-refractivity contribution in [1.29, 1.82) is 0 Å². The minimum atomic E-state index is 0.387. The second-order valence-electron chi connectivity index (χ2n) is 5.50. The van der Waals surface area contributed by atoms with Gasteiger partial charge in [-0.05, 0) is 12.1 Å². The lowest BCUT2D eigenvalue weighted by Gasteiger charge is -2.09. The van der Waals surface area contributed by atoms with Gasteiger partial charge in [0.15, 0.2) is 0 Å². The summed E-state index contributed by atoms with van der Waals surface area (Å²) in [6, 6.07) is 3.55. The summed E-state index contributed by atoms with van der Waals surface area (Å²) < 4.78 is 12.3. The molecule has 3 aromatic rings. The average molecular weight is 375 g/mol. The average Bonchev–Trinajstić information content (AvgIpc) is 3.06. The van der Waals surface area contributed by atoms with Gasteiger partial charge in [0.05, 0.1) is 24.2 Å². The molecule has 26 heavy (non-hydrogen) atoms. The predicted molar refractivity (Wildman–Crippen MR) is 98.8 cm³/mol. The maximum Gasteiger partial charge on any atom is 0.233 e. The molecule has 0 spiro atoms. The van der Waals surface area contributed by atoms with E-state index in [1.54, 1.807) is 42.5 Å². The van der Waals surface area contributed by atoms with Crippen LogP contribution in [0.15, 0.2) is 36.9 Å². The van der Waals surface area contributed by atoms with Crippen molar-refractivity contribution < 1.29 is 9.47 Å². The predicted octanol–water partition coefficient (Wildman–Crippen LogP) is 3.08. The minimum absolute atomic E-state index is 0.387. The van der Waals surface area contributed by atoms with Gasteiger partial charge in [0.25, 0.3) is 0 Å². The van der Waals surface area contributed by atoms with E-state index in [-0.39, 0.29) is 0 Å². The molecule has 8 nitrogen and oxygen atoms in total. The van der Waals surface area contributed by atoms with Crippen LogP contribution in [0.25, 0.3) is 11.3 Å². The Morgan fingerprint density at radius 1 is 1.15 bits per heavy atom. The molecule has 0 saturated heterocycles. The number of halogens is 1. The first-order valence-corrected chi connectivity index (χ1v) is 8.40. The van der Waals surface area contributed by atoms with Gasteiger partial charge in [-0.1, -0.05) is 11.6 Å². The molecule has 0 radical (unpaired) electrons. The van der Waals surface area contributed by atoms with E-state index in [1.807, 2.05) is 13.2 Å². The van der Waals surface area contributed by atoms with Crippen molar-refractivity contribution in [1.82, 2.24) is 24.7 Å². The van der Waals surface area contributed by atoms with Crippen molar-refractivity contribution in [3.8, 4) is 17.1 Å². The second kappa shape index (κ2) is 8.59. The number of ether oxygens (including phenoxy) is 2. The number of pyridine rings is 1. The third kappa shape index (κ3) is 4.68. The van der Waals surface area contributed by atoms with Gasteiger partial charge in [-0.2, -0.15) is 5.10 Å². The molecule has 3 heterocycles. The van der Waals surface area contributed by atoms with E-state index in [0.29, 0.717) is 35.8 Å². The Kier molecular flexibility index (Phi) is 5.98. The fraction of sp³-hybridized carbons (Fsp3) is 0.294. The number of nitrogens with one attached hydrogen (secondary N) is 1. The van der Waals surface area contributed by atoms with Gasteiger partial charge < -0.3 is 14.8 Å². The highest BCUT2D eigenvalue weighted by molar-refractivity contribution is 6.31. The molecule has 9 heteroatoms. The van der Waals surface area contributed by atoms with E-state index in [0.717, 1.165) is 17.7 Å². The Morgan fingerprint density at radius 3 is 2.65 bits per heavy atom. The normalized spacial score (nSPS) is 10.7. The lowest BCUT2D eigenvalue weighted by Crippen LogP contribution is -2.03. The van der Waals surface area contributed by atoms with E-state index in [2.05, 4.69) is 25.4 Å². The molecule has 0 atom stereocenters. The van der Waals surface area contributed by atoms with E-state index < -0.39 is 0 Å². The monoisotopic (exact) mass is 374 g/mol. The molecule has 0 aromatic carbocycles. The van der Waals surface area contributed by atoms with Crippen molar-refractivity contribution in [2.75, 3.05) is 25.6 Å². The van der Waals surface area contributed by atoms with Crippen molar-refractivity contribution in [3.05, 3.63) is 41.9 Å². The van der Waals surface area contributed by atoms with Crippen LogP contribution in [0.2, 0.25) is 5.02 Å². The maximum atomic E-state index is 6.15. The summed E-state index contributed by atoms with van der Waals surface area (Å²) in [7, 11) is 3.49. The number of nitrogens with zero attached hydrogens (tertiary/aromatic N) is 5. The summed E-state index contributed by atoms with van der Waals surface area (Å²) in [6.07, 6.45) is 7.68. The lowest BCUT2D eigenvalue weighted by molar-refractivity contribution is 0.170. The summed E-state index contributed by atoms with van der Waals surface area (Å²) >= 11 is 6.15. The molecule has 0 unspecified atom stereocenters. The molecule has 0 fully saturated rings. The molecule has 0 bridgehead atoms. The number of rotatable bonds is 8. The van der Waals surface area contributed by atoms with Gasteiger partial charge in [0.2, 0.25) is 11.8 Å². The number of hydrogen-bond donors (Lipinski definition) is 1. The van der Waals surface area contributed by atoms with Gasteiger partial charge in [0.1, 0.15) is 5.02 Å². The molecule has 3 aromatic heterocycles. The maximum absolute atomic E-state index is 6.15. The van der Waals surface area contributed by atoms with Gasteiger partial charge in [0, 0.05) is 51.3 Å². The summed E-state index contributed by atoms with van der Waals surface area (Å²) in [5.74, 6) is 0.865. The Hall–Kier alpha value is -2.71. The van der Waals surface area contributed by atoms with Crippen LogP contribution in [0, 0.1) is 0 Å². The molecule has 0 aliphatic heterocycles. The quantitative estimate of drug-likeness (QED) is 0.606. The zero-order chi connectivity index (χ0) is 18.4. The summed E-state index contributed by atoms with van der Waals surface area (Å²) in [5.41, 5.74) is 2.26. The topological polar surface area (TPSA) is 87.0 Å². The summed E-state index contributed by atoms with van der Waals surface area (Å²) in [6.45, 7) is 1.10. The highest BCUT2D eigenvalue weighted by atomic mass is 35.5. The van der Waals surface area contributed by atoms with Crippen LogP contribution in [0.4, 0.5) is 11.6 Å². The molecule has 3 rings (SSSR count). The van der Waals surface area contributed by atoms with Crippen LogP contribution >= 0.6 is 11.6 Å². The summed E-state index contributed by atoms with van der Waals surface area (Å²) in [5, 5.41) is 7.63. The first-order chi connectivity index (χ1) is 12.7. The second-order valence-corrected chi connectivity index (χ2v) is 5.91. The fourth-order valence-electron chi connectivity index (χ4n) is 2.20. The van der Waals surface area contributed by atoms with Gasteiger partial charge in [-0.25, -0.2) is 15.0 Å². The standard InChI is InChI=1S/C17H19ClN6O2/c1-24-11-13(10-21-24)22-17-19-8-12(9-20-17)15-5-4-14(18)16(23-15)26-7-3-6-25-2/h4-5,8-11H,3,6-7H2,1-2H3,(H,19,20,22). The molecular formula is C17H19ClN6O2. The van der Waals surface area contributed by atoms with Gasteiger partial charge >= 0.3 is 0 Å². The number of methoxy groups -OCH3 is 1. The Morgan fingerprint density at radius 2 is 1.96 bits per heavy atom. The molecule has 136 valence electrons. The largest absolute Gasteiger partial charge is 0.477 e. The first-order valence-electron chi connectivity index (χ1n) is 8.02. The number of hydrogen-bond acceptors (Lipinski definition) is 7. The van der Waals surface area contributed by atoms with Crippen LogP contribution in [0.5, 0.6) is 5.88 Å². The van der Waals surface area contributed by atoms with E-state index in [9.17, 15) is 0 Å². The highest BCUT2D eigenvalue weighted by Gasteiger charge is 2.09. The molecular weight excluding hydrogens is 356 g/mol. The zero-order valence-electron chi connectivity index (χ0n) is 14.5. The number of aryl methyl sites for hydroxylation is 1. The highest BCUT2D eigenvalue weighted by Crippen LogP contribution is 2.26. The number of anilines is 2. The molecule has 0 saturated carbocycles. The lowest BCUT2D eigenvalue weighted by atomic mass is 10.2. The van der Waals surface area contributed by atoms with Crippen LogP contribution in [0.3, 0.4) is 0 Å². The Balaban J connectivity index is 1.70.